The number of carbonyl (C=O) groups is 1. The van der Waals surface area contributed by atoms with Crippen molar-refractivity contribution in [3.8, 4) is 0 Å². The van der Waals surface area contributed by atoms with Crippen LogP contribution in [0.3, 0.4) is 0 Å². The number of aliphatic hydroxyl groups is 1. The topological polar surface area (TPSA) is 75.4 Å². The van der Waals surface area contributed by atoms with Crippen molar-refractivity contribution in [2.45, 2.75) is 38.6 Å². The Bertz CT molecular complexity index is 140. The molecule has 13 heavy (non-hydrogen) atoms. The standard InChI is InChI=1S/C9H20N2O2/c1-2-3-5-8(10)9(13)11-6-4-7-12/h8,12H,2-7,10H2,1H3,(H,11,13). The number of carbonyl (C=O) groups excluding carboxylic acids is 1. The number of amides is 1. The van der Waals surface area contributed by atoms with E-state index in [9.17, 15) is 4.79 Å². The van der Waals surface area contributed by atoms with E-state index in [1.54, 1.807) is 0 Å². The number of nitrogens with one attached hydrogen (secondary N) is 1. The van der Waals surface area contributed by atoms with Gasteiger partial charge in [-0.3, -0.25) is 4.79 Å². The summed E-state index contributed by atoms with van der Waals surface area (Å²) < 4.78 is 0. The van der Waals surface area contributed by atoms with Gasteiger partial charge in [-0.15, -0.1) is 0 Å². The maximum absolute atomic E-state index is 11.2. The number of rotatable bonds is 7. The van der Waals surface area contributed by atoms with Crippen molar-refractivity contribution in [2.75, 3.05) is 13.2 Å². The van der Waals surface area contributed by atoms with Crippen molar-refractivity contribution < 1.29 is 9.90 Å². The normalized spacial score (nSPS) is 12.5. The summed E-state index contributed by atoms with van der Waals surface area (Å²) in [5.41, 5.74) is 5.61. The summed E-state index contributed by atoms with van der Waals surface area (Å²) in [5.74, 6) is -0.109. The van der Waals surface area contributed by atoms with E-state index in [4.69, 9.17) is 10.8 Å². The summed E-state index contributed by atoms with van der Waals surface area (Å²) in [5, 5.41) is 11.1. The van der Waals surface area contributed by atoms with E-state index in [-0.39, 0.29) is 12.5 Å². The Hall–Kier alpha value is -0.610. The zero-order chi connectivity index (χ0) is 10.1. The molecule has 0 heterocycles. The molecule has 0 spiro atoms. The Morgan fingerprint density at radius 3 is 2.77 bits per heavy atom. The molecular weight excluding hydrogens is 168 g/mol. The Balaban J connectivity index is 3.45. The Kier molecular flexibility index (Phi) is 7.63. The van der Waals surface area contributed by atoms with Crippen molar-refractivity contribution in [2.24, 2.45) is 5.73 Å². The quantitative estimate of drug-likeness (QED) is 0.492. The number of hydrogen-bond donors (Lipinski definition) is 3. The molecule has 4 nitrogen and oxygen atoms in total. The van der Waals surface area contributed by atoms with E-state index in [0.717, 1.165) is 19.3 Å². The highest BCUT2D eigenvalue weighted by atomic mass is 16.3. The molecule has 0 rings (SSSR count). The average molecular weight is 188 g/mol. The molecule has 0 aliphatic rings. The molecule has 4 N–H and O–H groups in total. The van der Waals surface area contributed by atoms with Gasteiger partial charge in [0.2, 0.25) is 5.91 Å². The monoisotopic (exact) mass is 188 g/mol. The van der Waals surface area contributed by atoms with Crippen LogP contribution >= 0.6 is 0 Å². The number of hydrogen-bond acceptors (Lipinski definition) is 3. The summed E-state index contributed by atoms with van der Waals surface area (Å²) in [6, 6.07) is -0.390. The van der Waals surface area contributed by atoms with E-state index >= 15 is 0 Å². The minimum Gasteiger partial charge on any atom is -0.396 e. The van der Waals surface area contributed by atoms with E-state index in [1.807, 2.05) is 0 Å². The van der Waals surface area contributed by atoms with Crippen molar-refractivity contribution in [1.82, 2.24) is 5.32 Å². The largest absolute Gasteiger partial charge is 0.396 e. The average Bonchev–Trinajstić information content (AvgIpc) is 2.14. The van der Waals surface area contributed by atoms with Gasteiger partial charge >= 0.3 is 0 Å². The molecule has 1 amide bonds. The number of nitrogens with two attached hydrogens (primary N) is 1. The fraction of sp³-hybridized carbons (Fsp3) is 0.889. The fourth-order valence-corrected chi connectivity index (χ4v) is 0.977. The molecule has 0 aromatic heterocycles. The minimum atomic E-state index is -0.390. The predicted octanol–water partition coefficient (Wildman–Crippen LogP) is 0.00250. The predicted molar refractivity (Wildman–Crippen MR) is 52.2 cm³/mol. The second-order valence-electron chi connectivity index (χ2n) is 3.12. The molecule has 4 heteroatoms. The van der Waals surface area contributed by atoms with Crippen LogP contribution in [0.15, 0.2) is 0 Å². The van der Waals surface area contributed by atoms with Crippen LogP contribution in [-0.2, 0) is 4.79 Å². The lowest BCUT2D eigenvalue weighted by Gasteiger charge is -2.10. The van der Waals surface area contributed by atoms with Gasteiger partial charge in [-0.2, -0.15) is 0 Å². The molecule has 0 aliphatic carbocycles. The maximum atomic E-state index is 11.2. The lowest BCUT2D eigenvalue weighted by Crippen LogP contribution is -2.41. The molecule has 0 aromatic rings. The minimum absolute atomic E-state index is 0.102. The molecule has 0 aromatic carbocycles. The van der Waals surface area contributed by atoms with E-state index < -0.39 is 6.04 Å². The molecule has 0 saturated heterocycles. The maximum Gasteiger partial charge on any atom is 0.236 e. The van der Waals surface area contributed by atoms with Crippen LogP contribution in [0, 0.1) is 0 Å². The molecular formula is C9H20N2O2. The van der Waals surface area contributed by atoms with Gasteiger partial charge in [0.05, 0.1) is 6.04 Å². The van der Waals surface area contributed by atoms with Crippen LogP contribution < -0.4 is 11.1 Å². The van der Waals surface area contributed by atoms with E-state index in [2.05, 4.69) is 12.2 Å². The first-order chi connectivity index (χ1) is 6.22. The molecule has 0 saturated carbocycles. The third-order valence-corrected chi connectivity index (χ3v) is 1.84. The lowest BCUT2D eigenvalue weighted by atomic mass is 10.1. The Labute approximate surface area is 79.5 Å². The van der Waals surface area contributed by atoms with Crippen LogP contribution in [0.5, 0.6) is 0 Å². The summed E-state index contributed by atoms with van der Waals surface area (Å²) in [7, 11) is 0. The lowest BCUT2D eigenvalue weighted by molar-refractivity contribution is -0.122. The first kappa shape index (κ1) is 12.4. The Morgan fingerprint density at radius 2 is 2.23 bits per heavy atom. The van der Waals surface area contributed by atoms with Gasteiger partial charge in [0.15, 0.2) is 0 Å². The number of aliphatic hydroxyl groups excluding tert-OH is 1. The third-order valence-electron chi connectivity index (χ3n) is 1.84. The van der Waals surface area contributed by atoms with E-state index in [1.165, 1.54) is 0 Å². The van der Waals surface area contributed by atoms with Gasteiger partial charge in [0.1, 0.15) is 0 Å². The first-order valence-electron chi connectivity index (χ1n) is 4.86. The third kappa shape index (κ3) is 6.54. The van der Waals surface area contributed by atoms with Gasteiger partial charge < -0.3 is 16.2 Å². The smallest absolute Gasteiger partial charge is 0.236 e. The van der Waals surface area contributed by atoms with Crippen LogP contribution in [0.1, 0.15) is 32.6 Å². The van der Waals surface area contributed by atoms with Crippen LogP contribution in [0.2, 0.25) is 0 Å². The highest BCUT2D eigenvalue weighted by Gasteiger charge is 2.10. The van der Waals surface area contributed by atoms with Crippen LogP contribution in [0.4, 0.5) is 0 Å². The van der Waals surface area contributed by atoms with Crippen molar-refractivity contribution in [1.29, 1.82) is 0 Å². The van der Waals surface area contributed by atoms with Crippen molar-refractivity contribution >= 4 is 5.91 Å². The highest BCUT2D eigenvalue weighted by molar-refractivity contribution is 5.81. The molecule has 78 valence electrons. The molecule has 0 bridgehead atoms. The SMILES string of the molecule is CCCCC(N)C(=O)NCCCO. The molecule has 1 unspecified atom stereocenters. The fourth-order valence-electron chi connectivity index (χ4n) is 0.977. The molecule has 1 atom stereocenters. The number of unbranched alkanes of at least 4 members (excludes halogenated alkanes) is 1. The second-order valence-corrected chi connectivity index (χ2v) is 3.12. The Morgan fingerprint density at radius 1 is 1.54 bits per heavy atom. The van der Waals surface area contributed by atoms with Crippen LogP contribution in [-0.4, -0.2) is 30.2 Å². The second kappa shape index (κ2) is 8.01. The molecule has 0 aliphatic heterocycles. The van der Waals surface area contributed by atoms with Gasteiger partial charge in [0.25, 0.3) is 0 Å². The van der Waals surface area contributed by atoms with Crippen molar-refractivity contribution in [3.05, 3.63) is 0 Å². The van der Waals surface area contributed by atoms with Gasteiger partial charge in [-0.25, -0.2) is 0 Å². The highest BCUT2D eigenvalue weighted by Crippen LogP contribution is 1.97. The summed E-state index contributed by atoms with van der Waals surface area (Å²) in [6.07, 6.45) is 3.36. The van der Waals surface area contributed by atoms with Gasteiger partial charge in [0, 0.05) is 13.2 Å². The van der Waals surface area contributed by atoms with Gasteiger partial charge in [-0.1, -0.05) is 19.8 Å². The van der Waals surface area contributed by atoms with Crippen molar-refractivity contribution in [3.63, 3.8) is 0 Å². The zero-order valence-corrected chi connectivity index (χ0v) is 8.25. The molecule has 0 fully saturated rings. The van der Waals surface area contributed by atoms with E-state index in [0.29, 0.717) is 13.0 Å². The molecule has 0 radical (unpaired) electrons. The summed E-state index contributed by atoms with van der Waals surface area (Å²) in [4.78, 5) is 11.2. The van der Waals surface area contributed by atoms with Gasteiger partial charge in [-0.05, 0) is 12.8 Å². The summed E-state index contributed by atoms with van der Waals surface area (Å²) >= 11 is 0. The first-order valence-corrected chi connectivity index (χ1v) is 4.86. The zero-order valence-electron chi connectivity index (χ0n) is 8.25. The summed E-state index contributed by atoms with van der Waals surface area (Å²) in [6.45, 7) is 2.68. The van der Waals surface area contributed by atoms with Crippen LogP contribution in [0.25, 0.3) is 0 Å².